The molecule has 3 rings (SSSR count). The number of pyridine rings is 1. The highest BCUT2D eigenvalue weighted by molar-refractivity contribution is 5.96. The van der Waals surface area contributed by atoms with E-state index >= 15 is 0 Å². The summed E-state index contributed by atoms with van der Waals surface area (Å²) < 4.78 is 12.5. The van der Waals surface area contributed by atoms with Crippen LogP contribution in [-0.2, 0) is 7.05 Å². The fourth-order valence-electron chi connectivity index (χ4n) is 2.89. The zero-order valence-corrected chi connectivity index (χ0v) is 13.7. The van der Waals surface area contributed by atoms with E-state index in [2.05, 4.69) is 0 Å². The van der Waals surface area contributed by atoms with Crippen molar-refractivity contribution in [1.29, 1.82) is 0 Å². The van der Waals surface area contributed by atoms with Gasteiger partial charge in [-0.1, -0.05) is 18.2 Å². The van der Waals surface area contributed by atoms with Crippen LogP contribution in [0, 0.1) is 6.92 Å². The fraction of sp³-hybridized carbons (Fsp3) is 0.211. The minimum Gasteiger partial charge on any atom is -0.496 e. The van der Waals surface area contributed by atoms with Gasteiger partial charge >= 0.3 is 0 Å². The normalized spacial score (nSPS) is 10.8. The van der Waals surface area contributed by atoms with Gasteiger partial charge in [-0.25, -0.2) is 0 Å². The molecule has 4 nitrogen and oxygen atoms in total. The maximum absolute atomic E-state index is 12.3. The second kappa shape index (κ2) is 5.80. The maximum Gasteiger partial charge on any atom is 0.258 e. The summed E-state index contributed by atoms with van der Waals surface area (Å²) in [6, 6.07) is 11.6. The van der Waals surface area contributed by atoms with Crippen molar-refractivity contribution < 1.29 is 9.47 Å². The van der Waals surface area contributed by atoms with Crippen LogP contribution < -0.4 is 15.0 Å². The van der Waals surface area contributed by atoms with Crippen molar-refractivity contribution in [2.75, 3.05) is 14.2 Å². The molecule has 2 aromatic carbocycles. The van der Waals surface area contributed by atoms with Crippen molar-refractivity contribution in [1.82, 2.24) is 4.57 Å². The summed E-state index contributed by atoms with van der Waals surface area (Å²) in [7, 11) is 5.05. The molecule has 0 unspecified atom stereocenters. The molecule has 1 aromatic heterocycles. The zero-order valence-electron chi connectivity index (χ0n) is 13.7. The first-order valence-electron chi connectivity index (χ1n) is 7.38. The zero-order chi connectivity index (χ0) is 16.6. The van der Waals surface area contributed by atoms with Gasteiger partial charge < -0.3 is 14.0 Å². The number of fused-ring (bicyclic) bond motifs is 1. The lowest BCUT2D eigenvalue weighted by Gasteiger charge is -2.15. The summed E-state index contributed by atoms with van der Waals surface area (Å²) in [5.41, 5.74) is 2.87. The molecule has 0 bridgehead atoms. The summed E-state index contributed by atoms with van der Waals surface area (Å²) in [5.74, 6) is 1.52. The van der Waals surface area contributed by atoms with Gasteiger partial charge in [-0.15, -0.1) is 0 Å². The molecule has 23 heavy (non-hydrogen) atoms. The standard InChI is InChI=1S/C19H19NO3/c1-12-17(22-3)9-13(10-18(12)23-4)16-11-20(2)19(21)15-8-6-5-7-14(15)16/h5-11H,1-4H3. The number of methoxy groups -OCH3 is 2. The molecule has 0 atom stereocenters. The fourth-order valence-corrected chi connectivity index (χ4v) is 2.89. The van der Waals surface area contributed by atoms with Crippen LogP contribution in [0.15, 0.2) is 47.4 Å². The molecule has 0 amide bonds. The quantitative estimate of drug-likeness (QED) is 0.743. The Balaban J connectivity index is 2.38. The third-order valence-corrected chi connectivity index (χ3v) is 4.15. The van der Waals surface area contributed by atoms with E-state index in [0.29, 0.717) is 5.39 Å². The van der Waals surface area contributed by atoms with Crippen LogP contribution in [0.4, 0.5) is 0 Å². The minimum absolute atomic E-state index is 0.00427. The Bertz CT molecular complexity index is 916. The van der Waals surface area contributed by atoms with Crippen molar-refractivity contribution in [3.05, 3.63) is 58.5 Å². The van der Waals surface area contributed by atoms with Gasteiger partial charge in [0.2, 0.25) is 0 Å². The Kier molecular flexibility index (Phi) is 3.82. The summed E-state index contributed by atoms with van der Waals surface area (Å²) in [5, 5.41) is 1.62. The van der Waals surface area contributed by atoms with Gasteiger partial charge in [-0.2, -0.15) is 0 Å². The topological polar surface area (TPSA) is 40.5 Å². The molecule has 4 heteroatoms. The lowest BCUT2D eigenvalue weighted by molar-refractivity contribution is 0.389. The molecule has 0 fully saturated rings. The SMILES string of the molecule is COc1cc(-c2cn(C)c(=O)c3ccccc23)cc(OC)c1C. The molecule has 0 radical (unpaired) electrons. The van der Waals surface area contributed by atoms with Gasteiger partial charge in [0.25, 0.3) is 5.56 Å². The third kappa shape index (κ3) is 2.46. The second-order valence-corrected chi connectivity index (χ2v) is 5.51. The van der Waals surface area contributed by atoms with E-state index in [0.717, 1.165) is 33.6 Å². The van der Waals surface area contributed by atoms with E-state index in [1.165, 1.54) is 0 Å². The predicted octanol–water partition coefficient (Wildman–Crippen LogP) is 3.53. The molecule has 118 valence electrons. The Morgan fingerprint density at radius 3 is 2.09 bits per heavy atom. The Hall–Kier alpha value is -2.75. The number of ether oxygens (including phenoxy) is 2. The molecule has 0 saturated heterocycles. The average Bonchev–Trinajstić information content (AvgIpc) is 2.58. The summed E-state index contributed by atoms with van der Waals surface area (Å²) in [6.45, 7) is 1.96. The lowest BCUT2D eigenvalue weighted by atomic mass is 9.98. The van der Waals surface area contributed by atoms with Crippen molar-refractivity contribution in [2.45, 2.75) is 6.92 Å². The van der Waals surface area contributed by atoms with Crippen molar-refractivity contribution in [2.24, 2.45) is 7.05 Å². The highest BCUT2D eigenvalue weighted by Crippen LogP contribution is 2.36. The Labute approximate surface area is 134 Å². The number of benzene rings is 2. The predicted molar refractivity (Wildman–Crippen MR) is 92.5 cm³/mol. The van der Waals surface area contributed by atoms with Gasteiger partial charge in [0, 0.05) is 29.8 Å². The van der Waals surface area contributed by atoms with Gasteiger partial charge in [-0.05, 0) is 36.1 Å². The number of aryl methyl sites for hydroxylation is 1. The second-order valence-electron chi connectivity index (χ2n) is 5.51. The largest absolute Gasteiger partial charge is 0.496 e. The van der Waals surface area contributed by atoms with Crippen LogP contribution in [0.5, 0.6) is 11.5 Å². The molecule has 1 heterocycles. The first-order chi connectivity index (χ1) is 11.1. The van der Waals surface area contributed by atoms with Gasteiger partial charge in [0.1, 0.15) is 11.5 Å². The lowest BCUT2D eigenvalue weighted by Crippen LogP contribution is -2.16. The van der Waals surface area contributed by atoms with Gasteiger partial charge in [0.15, 0.2) is 0 Å². The molecular formula is C19H19NO3. The van der Waals surface area contributed by atoms with Gasteiger partial charge in [-0.3, -0.25) is 4.79 Å². The summed E-state index contributed by atoms with van der Waals surface area (Å²) in [4.78, 5) is 12.3. The van der Waals surface area contributed by atoms with Crippen LogP contribution in [0.3, 0.4) is 0 Å². The van der Waals surface area contributed by atoms with Crippen LogP contribution in [-0.4, -0.2) is 18.8 Å². The minimum atomic E-state index is -0.00427. The maximum atomic E-state index is 12.3. The number of rotatable bonds is 3. The Morgan fingerprint density at radius 2 is 1.52 bits per heavy atom. The highest BCUT2D eigenvalue weighted by Gasteiger charge is 2.13. The third-order valence-electron chi connectivity index (χ3n) is 4.15. The van der Waals surface area contributed by atoms with E-state index in [9.17, 15) is 4.79 Å². The van der Waals surface area contributed by atoms with Crippen LogP contribution >= 0.6 is 0 Å². The van der Waals surface area contributed by atoms with Crippen LogP contribution in [0.2, 0.25) is 0 Å². The number of aromatic nitrogens is 1. The van der Waals surface area contributed by atoms with E-state index in [1.807, 2.05) is 49.5 Å². The number of hydrogen-bond donors (Lipinski definition) is 0. The number of hydrogen-bond acceptors (Lipinski definition) is 3. The monoisotopic (exact) mass is 309 g/mol. The van der Waals surface area contributed by atoms with Crippen LogP contribution in [0.1, 0.15) is 5.56 Å². The molecule has 0 spiro atoms. The molecule has 0 aliphatic heterocycles. The number of nitrogens with zero attached hydrogens (tertiary/aromatic N) is 1. The molecule has 3 aromatic rings. The van der Waals surface area contributed by atoms with E-state index < -0.39 is 0 Å². The molecule has 0 saturated carbocycles. The van der Waals surface area contributed by atoms with Gasteiger partial charge in [0.05, 0.1) is 14.2 Å². The van der Waals surface area contributed by atoms with E-state index in [1.54, 1.807) is 25.8 Å². The average molecular weight is 309 g/mol. The van der Waals surface area contributed by atoms with Crippen molar-refractivity contribution >= 4 is 10.8 Å². The smallest absolute Gasteiger partial charge is 0.258 e. The summed E-state index contributed by atoms with van der Waals surface area (Å²) in [6.07, 6.45) is 1.86. The molecule has 0 aliphatic carbocycles. The van der Waals surface area contributed by atoms with E-state index in [4.69, 9.17) is 9.47 Å². The van der Waals surface area contributed by atoms with Crippen molar-refractivity contribution in [3.8, 4) is 22.6 Å². The van der Waals surface area contributed by atoms with E-state index in [-0.39, 0.29) is 5.56 Å². The first kappa shape index (κ1) is 15.2. The molecular weight excluding hydrogens is 290 g/mol. The van der Waals surface area contributed by atoms with Crippen LogP contribution in [0.25, 0.3) is 21.9 Å². The molecule has 0 aliphatic rings. The first-order valence-corrected chi connectivity index (χ1v) is 7.38. The summed E-state index contributed by atoms with van der Waals surface area (Å²) >= 11 is 0. The van der Waals surface area contributed by atoms with Crippen molar-refractivity contribution in [3.63, 3.8) is 0 Å². The Morgan fingerprint density at radius 1 is 0.957 bits per heavy atom. The highest BCUT2D eigenvalue weighted by atomic mass is 16.5. The molecule has 0 N–H and O–H groups in total.